The normalized spacial score (nSPS) is 13.0. The van der Waals surface area contributed by atoms with Crippen LogP contribution in [0.3, 0.4) is 0 Å². The van der Waals surface area contributed by atoms with Gasteiger partial charge in [-0.05, 0) is 46.8 Å². The van der Waals surface area contributed by atoms with Crippen molar-refractivity contribution >= 4 is 8.32 Å². The molecule has 0 spiro atoms. The van der Waals surface area contributed by atoms with Gasteiger partial charge in [0.2, 0.25) is 0 Å². The molecule has 3 nitrogen and oxygen atoms in total. The van der Waals surface area contributed by atoms with Crippen LogP contribution >= 0.6 is 0 Å². The Balaban J connectivity index is 1.64. The van der Waals surface area contributed by atoms with Crippen molar-refractivity contribution in [3.05, 3.63) is 144 Å². The summed E-state index contributed by atoms with van der Waals surface area (Å²) in [7, 11) is -1.85. The Hall–Kier alpha value is -3.02. The van der Waals surface area contributed by atoms with E-state index < -0.39 is 8.32 Å². The topological polar surface area (TPSA) is 15.7 Å². The van der Waals surface area contributed by atoms with Crippen molar-refractivity contribution in [1.82, 2.24) is 9.80 Å². The summed E-state index contributed by atoms with van der Waals surface area (Å²) >= 11 is 0. The second-order valence-corrected chi connectivity index (χ2v) is 17.9. The fourth-order valence-corrected chi connectivity index (χ4v) is 6.23. The molecular formula is C38H50N2OSi. The van der Waals surface area contributed by atoms with Crippen molar-refractivity contribution < 1.29 is 4.43 Å². The Labute approximate surface area is 256 Å². The first kappa shape index (κ1) is 31.9. The molecule has 0 aliphatic carbocycles. The van der Waals surface area contributed by atoms with Crippen molar-refractivity contribution in [2.24, 2.45) is 0 Å². The number of nitrogens with zero attached hydrogens (tertiary/aromatic N) is 2. The standard InChI is InChI=1S/C38H50N2OSi/c1-38(2,3)42(4,5)41-27-26-37(40(30-35-22-14-8-15-23-35)31-36-24-16-9-17-25-36)32-39(28-33-18-10-6-11-19-33)29-34-20-12-7-13-21-34/h6-25,37H,26-32H2,1-5H3/t37-/m0/s1. The largest absolute Gasteiger partial charge is 0.417 e. The van der Waals surface area contributed by atoms with E-state index in [9.17, 15) is 0 Å². The van der Waals surface area contributed by atoms with Gasteiger partial charge in [-0.3, -0.25) is 9.80 Å². The van der Waals surface area contributed by atoms with Gasteiger partial charge in [0.1, 0.15) is 0 Å². The van der Waals surface area contributed by atoms with Crippen LogP contribution in [0.25, 0.3) is 0 Å². The maximum absolute atomic E-state index is 6.79. The van der Waals surface area contributed by atoms with Crippen molar-refractivity contribution in [2.75, 3.05) is 13.2 Å². The molecule has 4 aromatic carbocycles. The van der Waals surface area contributed by atoms with Crippen molar-refractivity contribution in [3.63, 3.8) is 0 Å². The summed E-state index contributed by atoms with van der Waals surface area (Å²) in [6.45, 7) is 17.1. The second-order valence-electron chi connectivity index (χ2n) is 13.1. The Morgan fingerprint density at radius 3 is 1.29 bits per heavy atom. The lowest BCUT2D eigenvalue weighted by atomic mass is 10.1. The molecule has 0 fully saturated rings. The van der Waals surface area contributed by atoms with Gasteiger partial charge in [0.15, 0.2) is 8.32 Å². The van der Waals surface area contributed by atoms with E-state index in [0.29, 0.717) is 6.04 Å². The third-order valence-electron chi connectivity index (χ3n) is 8.66. The molecule has 4 heteroatoms. The van der Waals surface area contributed by atoms with Crippen LogP contribution in [0.15, 0.2) is 121 Å². The van der Waals surface area contributed by atoms with E-state index in [1.807, 2.05) is 0 Å². The predicted octanol–water partition coefficient (Wildman–Crippen LogP) is 9.17. The van der Waals surface area contributed by atoms with Crippen LogP contribution in [0.5, 0.6) is 0 Å². The average molecular weight is 579 g/mol. The lowest BCUT2D eigenvalue weighted by molar-refractivity contribution is 0.0962. The van der Waals surface area contributed by atoms with Gasteiger partial charge in [0.05, 0.1) is 0 Å². The molecule has 0 aliphatic rings. The van der Waals surface area contributed by atoms with Gasteiger partial charge in [-0.25, -0.2) is 0 Å². The summed E-state index contributed by atoms with van der Waals surface area (Å²) in [4.78, 5) is 5.31. The zero-order valence-electron chi connectivity index (χ0n) is 26.4. The summed E-state index contributed by atoms with van der Waals surface area (Å²) in [6.07, 6.45) is 0.992. The molecule has 0 bridgehead atoms. The van der Waals surface area contributed by atoms with Gasteiger partial charge in [-0.1, -0.05) is 142 Å². The molecule has 0 radical (unpaired) electrons. The molecule has 0 saturated heterocycles. The van der Waals surface area contributed by atoms with E-state index in [-0.39, 0.29) is 5.04 Å². The summed E-state index contributed by atoms with van der Waals surface area (Å²) in [5.41, 5.74) is 5.40. The van der Waals surface area contributed by atoms with Crippen LogP contribution in [-0.2, 0) is 30.6 Å². The van der Waals surface area contributed by atoms with E-state index in [1.165, 1.54) is 22.3 Å². The van der Waals surface area contributed by atoms with E-state index >= 15 is 0 Å². The van der Waals surface area contributed by atoms with E-state index in [0.717, 1.165) is 45.8 Å². The zero-order valence-corrected chi connectivity index (χ0v) is 27.4. The lowest BCUT2D eigenvalue weighted by Gasteiger charge is -2.39. The molecule has 1 atom stereocenters. The maximum Gasteiger partial charge on any atom is 0.191 e. The SMILES string of the molecule is CC(C)(C)[Si](C)(C)OCC[C@@H](CN(Cc1ccccc1)Cc1ccccc1)N(Cc1ccccc1)Cc1ccccc1. The molecule has 0 saturated carbocycles. The molecule has 0 N–H and O–H groups in total. The predicted molar refractivity (Wildman–Crippen MR) is 181 cm³/mol. The highest BCUT2D eigenvalue weighted by Crippen LogP contribution is 2.36. The summed E-state index contributed by atoms with van der Waals surface area (Å²) in [5.74, 6) is 0. The summed E-state index contributed by atoms with van der Waals surface area (Å²) in [6, 6.07) is 44.0. The number of hydrogen-bond donors (Lipinski definition) is 0. The molecule has 42 heavy (non-hydrogen) atoms. The van der Waals surface area contributed by atoms with Crippen molar-refractivity contribution in [1.29, 1.82) is 0 Å². The zero-order chi connectivity index (χ0) is 29.8. The molecule has 222 valence electrons. The number of rotatable bonds is 15. The molecule has 4 rings (SSSR count). The van der Waals surface area contributed by atoms with Crippen LogP contribution in [0, 0.1) is 0 Å². The third-order valence-corrected chi connectivity index (χ3v) is 13.2. The number of benzene rings is 4. The van der Waals surface area contributed by atoms with Crippen LogP contribution in [0.4, 0.5) is 0 Å². The van der Waals surface area contributed by atoms with Gasteiger partial charge in [0, 0.05) is 45.4 Å². The van der Waals surface area contributed by atoms with Crippen LogP contribution < -0.4 is 0 Å². The second kappa shape index (κ2) is 15.4. The van der Waals surface area contributed by atoms with Crippen LogP contribution in [-0.4, -0.2) is 37.3 Å². The van der Waals surface area contributed by atoms with Crippen LogP contribution in [0.1, 0.15) is 49.4 Å². The Morgan fingerprint density at radius 2 is 0.929 bits per heavy atom. The van der Waals surface area contributed by atoms with Crippen molar-refractivity contribution in [2.45, 2.75) is 77.5 Å². The smallest absolute Gasteiger partial charge is 0.191 e. The quantitative estimate of drug-likeness (QED) is 0.131. The van der Waals surface area contributed by atoms with Gasteiger partial charge in [-0.15, -0.1) is 0 Å². The minimum atomic E-state index is -1.85. The Kier molecular flexibility index (Phi) is 11.7. The first-order valence-electron chi connectivity index (χ1n) is 15.5. The fraction of sp³-hybridized carbons (Fsp3) is 0.368. The summed E-state index contributed by atoms with van der Waals surface area (Å²) < 4.78 is 6.79. The molecule has 0 amide bonds. The summed E-state index contributed by atoms with van der Waals surface area (Å²) in [5, 5.41) is 0.197. The minimum Gasteiger partial charge on any atom is -0.417 e. The van der Waals surface area contributed by atoms with Gasteiger partial charge in [-0.2, -0.15) is 0 Å². The highest BCUT2D eigenvalue weighted by atomic mass is 28.4. The van der Waals surface area contributed by atoms with E-state index in [4.69, 9.17) is 4.43 Å². The maximum atomic E-state index is 6.79. The highest BCUT2D eigenvalue weighted by molar-refractivity contribution is 6.74. The lowest BCUT2D eigenvalue weighted by Crippen LogP contribution is -2.45. The molecular weight excluding hydrogens is 529 g/mol. The van der Waals surface area contributed by atoms with E-state index in [2.05, 4.69) is 165 Å². The molecule has 0 heterocycles. The van der Waals surface area contributed by atoms with E-state index in [1.54, 1.807) is 0 Å². The van der Waals surface area contributed by atoms with Gasteiger partial charge >= 0.3 is 0 Å². The van der Waals surface area contributed by atoms with Crippen molar-refractivity contribution in [3.8, 4) is 0 Å². The average Bonchev–Trinajstić information content (AvgIpc) is 2.98. The Morgan fingerprint density at radius 1 is 0.571 bits per heavy atom. The first-order chi connectivity index (χ1) is 20.2. The molecule has 0 aliphatic heterocycles. The minimum absolute atomic E-state index is 0.197. The third kappa shape index (κ3) is 10.1. The fourth-order valence-electron chi connectivity index (χ4n) is 5.17. The Bertz CT molecular complexity index is 1210. The molecule has 0 aromatic heterocycles. The monoisotopic (exact) mass is 578 g/mol. The molecule has 0 unspecified atom stereocenters. The van der Waals surface area contributed by atoms with Crippen LogP contribution in [0.2, 0.25) is 18.1 Å². The van der Waals surface area contributed by atoms with Gasteiger partial charge in [0.25, 0.3) is 0 Å². The van der Waals surface area contributed by atoms with Gasteiger partial charge < -0.3 is 4.43 Å². The first-order valence-corrected chi connectivity index (χ1v) is 18.4. The molecule has 4 aromatic rings. The highest BCUT2D eigenvalue weighted by Gasteiger charge is 2.37. The number of hydrogen-bond acceptors (Lipinski definition) is 3.